The molecular formula is C14H18N2. The fraction of sp³-hybridized carbons (Fsp3) is 0.286. The summed E-state index contributed by atoms with van der Waals surface area (Å²) in [5.74, 6) is 0. The number of hydrogen-bond donors (Lipinski definition) is 1. The molecule has 0 atom stereocenters. The average molecular weight is 214 g/mol. The fourth-order valence-electron chi connectivity index (χ4n) is 2.06. The molecule has 1 N–H and O–H groups in total. The summed E-state index contributed by atoms with van der Waals surface area (Å²) < 4.78 is 2.29. The van der Waals surface area contributed by atoms with Crippen molar-refractivity contribution in [3.8, 4) is 0 Å². The number of fused-ring (bicyclic) bond motifs is 1. The van der Waals surface area contributed by atoms with Gasteiger partial charge >= 0.3 is 0 Å². The van der Waals surface area contributed by atoms with E-state index < -0.39 is 0 Å². The van der Waals surface area contributed by atoms with E-state index in [2.05, 4.69) is 46.9 Å². The van der Waals surface area contributed by atoms with Crippen LogP contribution in [0.25, 0.3) is 10.9 Å². The molecule has 2 aromatic rings. The van der Waals surface area contributed by atoms with E-state index in [4.69, 9.17) is 0 Å². The Morgan fingerprint density at radius 3 is 3.00 bits per heavy atom. The largest absolute Gasteiger partial charge is 0.347 e. The van der Waals surface area contributed by atoms with Gasteiger partial charge in [0.2, 0.25) is 0 Å². The normalized spacial score (nSPS) is 10.8. The lowest BCUT2D eigenvalue weighted by Gasteiger charge is -2.05. The number of aromatic nitrogens is 1. The summed E-state index contributed by atoms with van der Waals surface area (Å²) in [5.41, 5.74) is 2.67. The van der Waals surface area contributed by atoms with Crippen molar-refractivity contribution in [2.24, 2.45) is 0 Å². The van der Waals surface area contributed by atoms with Gasteiger partial charge in [-0.3, -0.25) is 0 Å². The second-order valence-electron chi connectivity index (χ2n) is 3.97. The maximum absolute atomic E-state index is 3.76. The molecule has 0 unspecified atom stereocenters. The van der Waals surface area contributed by atoms with E-state index in [0.717, 1.165) is 19.5 Å². The summed E-state index contributed by atoms with van der Waals surface area (Å²) in [6.07, 6.45) is 5.14. The standard InChI is InChI=1S/C14H18N2/c1-3-4-9-16-10-8-13-12(11-15-2)6-5-7-14(13)16/h3,5-8,10,15H,1,4,9,11H2,2H3. The van der Waals surface area contributed by atoms with Crippen molar-refractivity contribution in [3.63, 3.8) is 0 Å². The van der Waals surface area contributed by atoms with E-state index in [0.29, 0.717) is 0 Å². The van der Waals surface area contributed by atoms with Crippen LogP contribution in [0, 0.1) is 0 Å². The molecule has 0 aliphatic rings. The van der Waals surface area contributed by atoms with E-state index >= 15 is 0 Å². The molecule has 0 amide bonds. The van der Waals surface area contributed by atoms with Crippen LogP contribution in [-0.4, -0.2) is 11.6 Å². The Morgan fingerprint density at radius 2 is 2.25 bits per heavy atom. The number of nitrogens with zero attached hydrogens (tertiary/aromatic N) is 1. The summed E-state index contributed by atoms with van der Waals surface area (Å²) in [6, 6.07) is 8.68. The summed E-state index contributed by atoms with van der Waals surface area (Å²) in [5, 5.41) is 4.55. The number of rotatable bonds is 5. The minimum atomic E-state index is 0.919. The van der Waals surface area contributed by atoms with Crippen molar-refractivity contribution >= 4 is 10.9 Å². The van der Waals surface area contributed by atoms with Crippen LogP contribution in [0.5, 0.6) is 0 Å². The third-order valence-electron chi connectivity index (χ3n) is 2.85. The first-order valence-electron chi connectivity index (χ1n) is 5.69. The fourth-order valence-corrected chi connectivity index (χ4v) is 2.06. The predicted molar refractivity (Wildman–Crippen MR) is 69.5 cm³/mol. The summed E-state index contributed by atoms with van der Waals surface area (Å²) in [6.45, 7) is 5.69. The third-order valence-corrected chi connectivity index (χ3v) is 2.85. The van der Waals surface area contributed by atoms with Crippen molar-refractivity contribution in [1.29, 1.82) is 0 Å². The molecule has 1 aromatic carbocycles. The molecule has 1 heterocycles. The van der Waals surface area contributed by atoms with Gasteiger partial charge in [0.1, 0.15) is 0 Å². The quantitative estimate of drug-likeness (QED) is 0.757. The molecule has 2 rings (SSSR count). The van der Waals surface area contributed by atoms with Crippen LogP contribution in [0.15, 0.2) is 43.1 Å². The third kappa shape index (κ3) is 2.02. The van der Waals surface area contributed by atoms with Crippen LogP contribution in [0.3, 0.4) is 0 Å². The van der Waals surface area contributed by atoms with E-state index in [9.17, 15) is 0 Å². The van der Waals surface area contributed by atoms with Gasteiger partial charge < -0.3 is 9.88 Å². The highest BCUT2D eigenvalue weighted by Gasteiger charge is 2.03. The van der Waals surface area contributed by atoms with Crippen LogP contribution < -0.4 is 5.32 Å². The first-order valence-corrected chi connectivity index (χ1v) is 5.69. The Morgan fingerprint density at radius 1 is 1.38 bits per heavy atom. The summed E-state index contributed by atoms with van der Waals surface area (Å²) >= 11 is 0. The zero-order valence-corrected chi connectivity index (χ0v) is 9.74. The Hall–Kier alpha value is -1.54. The van der Waals surface area contributed by atoms with Gasteiger partial charge in [-0.25, -0.2) is 0 Å². The number of hydrogen-bond acceptors (Lipinski definition) is 1. The van der Waals surface area contributed by atoms with Gasteiger partial charge in [-0.15, -0.1) is 6.58 Å². The number of benzene rings is 1. The van der Waals surface area contributed by atoms with Crippen molar-refractivity contribution in [2.45, 2.75) is 19.5 Å². The number of aryl methyl sites for hydroxylation is 1. The van der Waals surface area contributed by atoms with E-state index in [1.165, 1.54) is 16.5 Å². The average Bonchev–Trinajstić information content (AvgIpc) is 2.71. The Bertz CT molecular complexity index is 482. The molecule has 0 saturated carbocycles. The van der Waals surface area contributed by atoms with E-state index in [-0.39, 0.29) is 0 Å². The van der Waals surface area contributed by atoms with Crippen LogP contribution >= 0.6 is 0 Å². The van der Waals surface area contributed by atoms with Gasteiger partial charge in [-0.05, 0) is 31.2 Å². The highest BCUT2D eigenvalue weighted by atomic mass is 14.9. The van der Waals surface area contributed by atoms with Gasteiger partial charge in [0, 0.05) is 30.2 Å². The van der Waals surface area contributed by atoms with Crippen LogP contribution in [-0.2, 0) is 13.1 Å². The molecule has 0 radical (unpaired) electrons. The van der Waals surface area contributed by atoms with Gasteiger partial charge in [-0.2, -0.15) is 0 Å². The van der Waals surface area contributed by atoms with Crippen molar-refractivity contribution in [2.75, 3.05) is 7.05 Å². The SMILES string of the molecule is C=CCCn1ccc2c(CNC)cccc21. The molecule has 0 fully saturated rings. The first kappa shape index (κ1) is 11.0. The molecular weight excluding hydrogens is 196 g/mol. The second kappa shape index (κ2) is 4.99. The highest BCUT2D eigenvalue weighted by molar-refractivity contribution is 5.83. The molecule has 2 nitrogen and oxygen atoms in total. The lowest BCUT2D eigenvalue weighted by Crippen LogP contribution is -2.05. The smallest absolute Gasteiger partial charge is 0.0483 e. The van der Waals surface area contributed by atoms with Crippen LogP contribution in [0.2, 0.25) is 0 Å². The molecule has 0 aliphatic carbocycles. The first-order chi connectivity index (χ1) is 7.86. The molecule has 0 spiro atoms. The predicted octanol–water partition coefficient (Wildman–Crippen LogP) is 2.94. The van der Waals surface area contributed by atoms with Gasteiger partial charge in [-0.1, -0.05) is 18.2 Å². The lowest BCUT2D eigenvalue weighted by molar-refractivity contribution is 0.739. The van der Waals surface area contributed by atoms with Crippen molar-refractivity contribution in [1.82, 2.24) is 9.88 Å². The Kier molecular flexibility index (Phi) is 3.42. The Labute approximate surface area is 96.6 Å². The van der Waals surface area contributed by atoms with E-state index in [1.807, 2.05) is 13.1 Å². The maximum Gasteiger partial charge on any atom is 0.0483 e. The van der Waals surface area contributed by atoms with Gasteiger partial charge in [0.25, 0.3) is 0 Å². The minimum Gasteiger partial charge on any atom is -0.347 e. The van der Waals surface area contributed by atoms with Gasteiger partial charge in [0.15, 0.2) is 0 Å². The Balaban J connectivity index is 2.40. The monoisotopic (exact) mass is 214 g/mol. The molecule has 1 aromatic heterocycles. The topological polar surface area (TPSA) is 17.0 Å². The van der Waals surface area contributed by atoms with Crippen LogP contribution in [0.4, 0.5) is 0 Å². The minimum absolute atomic E-state index is 0.919. The van der Waals surface area contributed by atoms with Crippen LogP contribution in [0.1, 0.15) is 12.0 Å². The molecule has 0 bridgehead atoms. The molecule has 0 saturated heterocycles. The molecule has 16 heavy (non-hydrogen) atoms. The highest BCUT2D eigenvalue weighted by Crippen LogP contribution is 2.20. The molecule has 2 heteroatoms. The summed E-state index contributed by atoms with van der Waals surface area (Å²) in [7, 11) is 1.98. The summed E-state index contributed by atoms with van der Waals surface area (Å²) in [4.78, 5) is 0. The zero-order valence-electron chi connectivity index (χ0n) is 9.74. The van der Waals surface area contributed by atoms with E-state index in [1.54, 1.807) is 0 Å². The van der Waals surface area contributed by atoms with Crippen molar-refractivity contribution in [3.05, 3.63) is 48.7 Å². The second-order valence-corrected chi connectivity index (χ2v) is 3.97. The lowest BCUT2D eigenvalue weighted by atomic mass is 10.1. The zero-order chi connectivity index (χ0) is 11.4. The van der Waals surface area contributed by atoms with Crippen molar-refractivity contribution < 1.29 is 0 Å². The molecule has 84 valence electrons. The molecule has 0 aliphatic heterocycles. The maximum atomic E-state index is 3.76. The number of allylic oxidation sites excluding steroid dienone is 1. The van der Waals surface area contributed by atoms with Gasteiger partial charge in [0.05, 0.1) is 0 Å². The number of nitrogens with one attached hydrogen (secondary N) is 1.